The number of benzene rings is 1. The zero-order valence-electron chi connectivity index (χ0n) is 11.3. The number of hydrogen-bond acceptors (Lipinski definition) is 2. The first-order valence-electron chi connectivity index (χ1n) is 6.76. The summed E-state index contributed by atoms with van der Waals surface area (Å²) >= 11 is 0. The van der Waals surface area contributed by atoms with Crippen LogP contribution in [0.1, 0.15) is 37.8 Å². The van der Waals surface area contributed by atoms with Crippen molar-refractivity contribution in [2.24, 2.45) is 17.6 Å². The Morgan fingerprint density at radius 2 is 2.00 bits per heavy atom. The van der Waals surface area contributed by atoms with Crippen LogP contribution in [0.5, 0.6) is 0 Å². The SMILES string of the molecule is CC(C(=O)NCC1CCC1)C(N)c1ccccc1.Cl. The summed E-state index contributed by atoms with van der Waals surface area (Å²) in [6.45, 7) is 2.71. The number of halogens is 1. The van der Waals surface area contributed by atoms with Crippen molar-refractivity contribution in [2.75, 3.05) is 6.54 Å². The van der Waals surface area contributed by atoms with Crippen LogP contribution in [0, 0.1) is 11.8 Å². The highest BCUT2D eigenvalue weighted by Crippen LogP contribution is 2.25. The van der Waals surface area contributed by atoms with Gasteiger partial charge < -0.3 is 11.1 Å². The van der Waals surface area contributed by atoms with E-state index in [4.69, 9.17) is 5.73 Å². The normalized spacial score (nSPS) is 17.8. The molecular weight excluding hydrogens is 260 g/mol. The van der Waals surface area contributed by atoms with Crippen LogP contribution in [0.4, 0.5) is 0 Å². The summed E-state index contributed by atoms with van der Waals surface area (Å²) in [4.78, 5) is 12.0. The molecule has 0 bridgehead atoms. The van der Waals surface area contributed by atoms with Gasteiger partial charge in [-0.25, -0.2) is 0 Å². The number of carbonyl (C=O) groups is 1. The zero-order chi connectivity index (χ0) is 13.0. The second-order valence-electron chi connectivity index (χ2n) is 5.27. The van der Waals surface area contributed by atoms with Crippen LogP contribution in [0.25, 0.3) is 0 Å². The average Bonchev–Trinajstić information content (AvgIpc) is 2.36. The molecule has 0 spiro atoms. The molecule has 1 aromatic rings. The predicted octanol–water partition coefficient (Wildman–Crippen LogP) is 2.66. The van der Waals surface area contributed by atoms with Crippen LogP contribution in [0.15, 0.2) is 30.3 Å². The van der Waals surface area contributed by atoms with Gasteiger partial charge in [0.1, 0.15) is 0 Å². The fourth-order valence-electron chi connectivity index (χ4n) is 2.23. The van der Waals surface area contributed by atoms with Crippen molar-refractivity contribution in [3.63, 3.8) is 0 Å². The van der Waals surface area contributed by atoms with Crippen molar-refractivity contribution < 1.29 is 4.79 Å². The van der Waals surface area contributed by atoms with E-state index in [1.54, 1.807) is 0 Å². The average molecular weight is 283 g/mol. The van der Waals surface area contributed by atoms with Crippen LogP contribution in [-0.4, -0.2) is 12.5 Å². The molecule has 0 radical (unpaired) electrons. The van der Waals surface area contributed by atoms with Crippen molar-refractivity contribution in [3.05, 3.63) is 35.9 Å². The van der Waals surface area contributed by atoms with Gasteiger partial charge in [0.15, 0.2) is 0 Å². The monoisotopic (exact) mass is 282 g/mol. The minimum atomic E-state index is -0.229. The number of amides is 1. The Labute approximate surface area is 121 Å². The lowest BCUT2D eigenvalue weighted by atomic mass is 9.85. The summed E-state index contributed by atoms with van der Waals surface area (Å²) in [5.41, 5.74) is 7.15. The molecule has 2 atom stereocenters. The molecule has 1 fully saturated rings. The van der Waals surface area contributed by atoms with Gasteiger partial charge in [0.25, 0.3) is 0 Å². The van der Waals surface area contributed by atoms with Gasteiger partial charge in [-0.05, 0) is 24.3 Å². The molecule has 19 heavy (non-hydrogen) atoms. The summed E-state index contributed by atoms with van der Waals surface area (Å²) in [6.07, 6.45) is 3.80. The Kier molecular flexibility index (Phi) is 6.32. The Bertz CT molecular complexity index is 392. The van der Waals surface area contributed by atoms with Gasteiger partial charge in [-0.2, -0.15) is 0 Å². The molecular formula is C15H23ClN2O. The Morgan fingerprint density at radius 3 is 2.53 bits per heavy atom. The highest BCUT2D eigenvalue weighted by molar-refractivity contribution is 5.85. The molecule has 1 aromatic carbocycles. The van der Waals surface area contributed by atoms with E-state index in [2.05, 4.69) is 5.32 Å². The van der Waals surface area contributed by atoms with Gasteiger partial charge in [-0.1, -0.05) is 43.7 Å². The van der Waals surface area contributed by atoms with Crippen molar-refractivity contribution >= 4 is 18.3 Å². The molecule has 0 aromatic heterocycles. The number of nitrogens with one attached hydrogen (secondary N) is 1. The Morgan fingerprint density at radius 1 is 1.37 bits per heavy atom. The lowest BCUT2D eigenvalue weighted by Crippen LogP contribution is -2.39. The second kappa shape index (κ2) is 7.51. The lowest BCUT2D eigenvalue weighted by molar-refractivity contribution is -0.125. The maximum atomic E-state index is 12.0. The van der Waals surface area contributed by atoms with Crippen LogP contribution >= 0.6 is 12.4 Å². The third-order valence-electron chi connectivity index (χ3n) is 3.93. The summed E-state index contributed by atoms with van der Waals surface area (Å²) in [5.74, 6) is 0.569. The molecule has 2 rings (SSSR count). The summed E-state index contributed by atoms with van der Waals surface area (Å²) < 4.78 is 0. The molecule has 0 aliphatic heterocycles. The van der Waals surface area contributed by atoms with E-state index in [1.807, 2.05) is 37.3 Å². The molecule has 3 nitrogen and oxygen atoms in total. The fraction of sp³-hybridized carbons (Fsp3) is 0.533. The van der Waals surface area contributed by atoms with E-state index in [-0.39, 0.29) is 30.3 Å². The molecule has 0 heterocycles. The first-order valence-corrected chi connectivity index (χ1v) is 6.76. The molecule has 1 saturated carbocycles. The van der Waals surface area contributed by atoms with E-state index in [0.29, 0.717) is 5.92 Å². The Balaban J connectivity index is 0.00000180. The van der Waals surface area contributed by atoms with Gasteiger partial charge in [0, 0.05) is 12.6 Å². The van der Waals surface area contributed by atoms with Gasteiger partial charge in [-0.15, -0.1) is 12.4 Å². The number of hydrogen-bond donors (Lipinski definition) is 2. The summed E-state index contributed by atoms with van der Waals surface area (Å²) in [6, 6.07) is 9.58. The molecule has 3 N–H and O–H groups in total. The smallest absolute Gasteiger partial charge is 0.224 e. The number of carbonyl (C=O) groups excluding carboxylic acids is 1. The molecule has 2 unspecified atom stereocenters. The topological polar surface area (TPSA) is 55.1 Å². The fourth-order valence-corrected chi connectivity index (χ4v) is 2.23. The van der Waals surface area contributed by atoms with Crippen molar-refractivity contribution in [1.29, 1.82) is 0 Å². The minimum Gasteiger partial charge on any atom is -0.356 e. The summed E-state index contributed by atoms with van der Waals surface area (Å²) in [5, 5.41) is 3.02. The number of rotatable bonds is 5. The van der Waals surface area contributed by atoms with Crippen LogP contribution in [0.2, 0.25) is 0 Å². The van der Waals surface area contributed by atoms with Gasteiger partial charge >= 0.3 is 0 Å². The predicted molar refractivity (Wildman–Crippen MR) is 80.1 cm³/mol. The van der Waals surface area contributed by atoms with E-state index < -0.39 is 0 Å². The maximum Gasteiger partial charge on any atom is 0.224 e. The first kappa shape index (κ1) is 16.0. The second-order valence-corrected chi connectivity index (χ2v) is 5.27. The lowest BCUT2D eigenvalue weighted by Gasteiger charge is -2.27. The molecule has 1 amide bonds. The highest BCUT2D eigenvalue weighted by Gasteiger charge is 2.24. The quantitative estimate of drug-likeness (QED) is 0.872. The van der Waals surface area contributed by atoms with Gasteiger partial charge in [0.05, 0.1) is 5.92 Å². The molecule has 1 aliphatic carbocycles. The molecule has 4 heteroatoms. The van der Waals surface area contributed by atoms with Gasteiger partial charge in [-0.3, -0.25) is 4.79 Å². The number of nitrogens with two attached hydrogens (primary N) is 1. The van der Waals surface area contributed by atoms with Crippen LogP contribution in [-0.2, 0) is 4.79 Å². The zero-order valence-corrected chi connectivity index (χ0v) is 12.2. The van der Waals surface area contributed by atoms with E-state index in [0.717, 1.165) is 12.1 Å². The third kappa shape index (κ3) is 4.22. The van der Waals surface area contributed by atoms with E-state index in [1.165, 1.54) is 19.3 Å². The van der Waals surface area contributed by atoms with Crippen molar-refractivity contribution in [2.45, 2.75) is 32.2 Å². The Hall–Kier alpha value is -1.06. The third-order valence-corrected chi connectivity index (χ3v) is 3.93. The van der Waals surface area contributed by atoms with Crippen LogP contribution < -0.4 is 11.1 Å². The van der Waals surface area contributed by atoms with E-state index in [9.17, 15) is 4.79 Å². The largest absolute Gasteiger partial charge is 0.356 e. The highest BCUT2D eigenvalue weighted by atomic mass is 35.5. The van der Waals surface area contributed by atoms with Crippen molar-refractivity contribution in [1.82, 2.24) is 5.32 Å². The van der Waals surface area contributed by atoms with Crippen molar-refractivity contribution in [3.8, 4) is 0 Å². The van der Waals surface area contributed by atoms with E-state index >= 15 is 0 Å². The minimum absolute atomic E-state index is 0. The van der Waals surface area contributed by atoms with Gasteiger partial charge in [0.2, 0.25) is 5.91 Å². The standard InChI is InChI=1S/C15H22N2O.ClH/c1-11(14(16)13-8-3-2-4-9-13)15(18)17-10-12-6-5-7-12;/h2-4,8-9,11-12,14H,5-7,10,16H2,1H3,(H,17,18);1H. The first-order chi connectivity index (χ1) is 8.68. The van der Waals surface area contributed by atoms with Crippen LogP contribution in [0.3, 0.4) is 0 Å². The maximum absolute atomic E-state index is 12.0. The molecule has 0 saturated heterocycles. The summed E-state index contributed by atoms with van der Waals surface area (Å²) in [7, 11) is 0. The molecule has 1 aliphatic rings. The molecule has 106 valence electrons.